The minimum atomic E-state index is -0.803. The molecule has 0 bridgehead atoms. The highest BCUT2D eigenvalue weighted by Crippen LogP contribution is 2.22. The van der Waals surface area contributed by atoms with Crippen LogP contribution in [0.1, 0.15) is 10.4 Å². The van der Waals surface area contributed by atoms with Gasteiger partial charge in [0, 0.05) is 19.7 Å². The van der Waals surface area contributed by atoms with Gasteiger partial charge >= 0.3 is 5.97 Å². The molecule has 0 aliphatic heterocycles. The van der Waals surface area contributed by atoms with Gasteiger partial charge < -0.3 is 20.3 Å². The van der Waals surface area contributed by atoms with Crippen LogP contribution in [0, 0.1) is 0 Å². The zero-order valence-corrected chi connectivity index (χ0v) is 15.1. The molecule has 0 atom stereocenters. The first kappa shape index (κ1) is 20.7. The van der Waals surface area contributed by atoms with Crippen molar-refractivity contribution in [2.24, 2.45) is 0 Å². The number of rotatable bonds is 7. The highest BCUT2D eigenvalue weighted by molar-refractivity contribution is 6.42. The first-order chi connectivity index (χ1) is 11.7. The lowest BCUT2D eigenvalue weighted by Crippen LogP contribution is -2.39. The van der Waals surface area contributed by atoms with Gasteiger partial charge in [-0.05, 0) is 18.2 Å². The molecule has 1 aromatic carbocycles. The Hall–Kier alpha value is -2.32. The molecule has 3 amide bonds. The van der Waals surface area contributed by atoms with E-state index in [1.807, 2.05) is 0 Å². The Kier molecular flexibility index (Phi) is 8.17. The predicted molar refractivity (Wildman–Crippen MR) is 91.5 cm³/mol. The largest absolute Gasteiger partial charge is 0.454 e. The fourth-order valence-corrected chi connectivity index (χ4v) is 1.77. The number of benzene rings is 1. The Morgan fingerprint density at radius 1 is 1.04 bits per heavy atom. The maximum atomic E-state index is 11.9. The van der Waals surface area contributed by atoms with E-state index in [-0.39, 0.29) is 23.0 Å². The van der Waals surface area contributed by atoms with E-state index >= 15 is 0 Å². The number of halogens is 2. The predicted octanol–water partition coefficient (Wildman–Crippen LogP) is 0.471. The van der Waals surface area contributed by atoms with Gasteiger partial charge in [-0.1, -0.05) is 23.2 Å². The van der Waals surface area contributed by atoms with E-state index in [0.29, 0.717) is 5.02 Å². The number of ether oxygens (including phenoxy) is 1. The molecule has 8 nitrogen and oxygen atoms in total. The number of likely N-dealkylation sites (N-methyl/N-ethyl adjacent to an activating group) is 1. The average molecular weight is 390 g/mol. The zero-order valence-electron chi connectivity index (χ0n) is 13.6. The summed E-state index contributed by atoms with van der Waals surface area (Å²) in [5.74, 6) is -2.27. The minimum Gasteiger partial charge on any atom is -0.454 e. The van der Waals surface area contributed by atoms with Crippen molar-refractivity contribution in [1.82, 2.24) is 15.5 Å². The van der Waals surface area contributed by atoms with Crippen molar-refractivity contribution >= 4 is 46.9 Å². The molecule has 0 heterocycles. The molecule has 0 aromatic heterocycles. The number of hydrogen-bond donors (Lipinski definition) is 2. The Labute approximate surface area is 154 Å². The van der Waals surface area contributed by atoms with Crippen LogP contribution in [-0.4, -0.2) is 62.4 Å². The molecular weight excluding hydrogens is 373 g/mol. The van der Waals surface area contributed by atoms with Crippen LogP contribution in [0.3, 0.4) is 0 Å². The number of nitrogens with zero attached hydrogens (tertiary/aromatic N) is 1. The van der Waals surface area contributed by atoms with Crippen molar-refractivity contribution in [3.05, 3.63) is 33.8 Å². The van der Waals surface area contributed by atoms with Gasteiger partial charge in [-0.2, -0.15) is 0 Å². The number of nitrogens with one attached hydrogen (secondary N) is 2. The van der Waals surface area contributed by atoms with Gasteiger partial charge in [0.25, 0.3) is 11.8 Å². The van der Waals surface area contributed by atoms with Crippen LogP contribution in [0.4, 0.5) is 0 Å². The Balaban J connectivity index is 2.32. The summed E-state index contributed by atoms with van der Waals surface area (Å²) in [5, 5.41) is 5.14. The van der Waals surface area contributed by atoms with Crippen molar-refractivity contribution in [3.63, 3.8) is 0 Å². The van der Waals surface area contributed by atoms with Crippen molar-refractivity contribution in [2.45, 2.75) is 0 Å². The number of amides is 3. The molecule has 1 aromatic rings. The third kappa shape index (κ3) is 7.40. The van der Waals surface area contributed by atoms with Gasteiger partial charge in [0.1, 0.15) is 6.54 Å². The van der Waals surface area contributed by atoms with Gasteiger partial charge in [-0.25, -0.2) is 0 Å². The summed E-state index contributed by atoms with van der Waals surface area (Å²) < 4.78 is 4.69. The molecular formula is C15H17Cl2N3O5. The molecule has 10 heteroatoms. The van der Waals surface area contributed by atoms with Crippen LogP contribution in [0.15, 0.2) is 18.2 Å². The summed E-state index contributed by atoms with van der Waals surface area (Å²) in [6.45, 7) is -1.18. The number of carbonyl (C=O) groups is 4. The first-order valence-electron chi connectivity index (χ1n) is 7.06. The van der Waals surface area contributed by atoms with E-state index in [4.69, 9.17) is 23.2 Å². The summed E-state index contributed by atoms with van der Waals surface area (Å²) in [6, 6.07) is 4.26. The highest BCUT2D eigenvalue weighted by atomic mass is 35.5. The Morgan fingerprint density at radius 2 is 1.72 bits per heavy atom. The van der Waals surface area contributed by atoms with Crippen molar-refractivity contribution in [3.8, 4) is 0 Å². The SMILES string of the molecule is CN(C)C(=O)CNC(=O)COC(=O)CNC(=O)c1ccc(Cl)c(Cl)c1. The fourth-order valence-electron chi connectivity index (χ4n) is 1.47. The summed E-state index contributed by atoms with van der Waals surface area (Å²) >= 11 is 11.5. The van der Waals surface area contributed by atoms with Gasteiger partial charge in [-0.3, -0.25) is 19.2 Å². The lowest BCUT2D eigenvalue weighted by molar-refractivity contribution is -0.147. The second-order valence-electron chi connectivity index (χ2n) is 5.04. The standard InChI is InChI=1S/C15H17Cl2N3O5/c1-20(2)13(22)6-18-12(21)8-25-14(23)7-19-15(24)9-3-4-10(16)11(17)5-9/h3-5H,6-8H2,1-2H3,(H,18,21)(H,19,24). The van der Waals surface area contributed by atoms with Gasteiger partial charge in [-0.15, -0.1) is 0 Å². The second-order valence-corrected chi connectivity index (χ2v) is 5.85. The topological polar surface area (TPSA) is 105 Å². The molecule has 25 heavy (non-hydrogen) atoms. The Morgan fingerprint density at radius 3 is 2.32 bits per heavy atom. The molecule has 0 aliphatic carbocycles. The monoisotopic (exact) mass is 389 g/mol. The molecule has 0 saturated carbocycles. The number of esters is 1. The van der Waals surface area contributed by atoms with Crippen molar-refractivity contribution in [1.29, 1.82) is 0 Å². The molecule has 0 unspecified atom stereocenters. The van der Waals surface area contributed by atoms with Crippen LogP contribution in [0.5, 0.6) is 0 Å². The summed E-state index contributed by atoms with van der Waals surface area (Å²) in [4.78, 5) is 47.4. The van der Waals surface area contributed by atoms with Gasteiger partial charge in [0.2, 0.25) is 5.91 Å². The number of hydrogen-bond acceptors (Lipinski definition) is 5. The quantitative estimate of drug-likeness (QED) is 0.659. The minimum absolute atomic E-state index is 0.197. The third-order valence-corrected chi connectivity index (χ3v) is 3.61. The zero-order chi connectivity index (χ0) is 19.0. The Bertz CT molecular complexity index is 679. The summed E-state index contributed by atoms with van der Waals surface area (Å²) in [5.41, 5.74) is 0.224. The van der Waals surface area contributed by atoms with E-state index in [1.165, 1.54) is 23.1 Å². The van der Waals surface area contributed by atoms with E-state index < -0.39 is 30.9 Å². The summed E-state index contributed by atoms with van der Waals surface area (Å²) in [7, 11) is 3.09. The lowest BCUT2D eigenvalue weighted by atomic mass is 10.2. The van der Waals surface area contributed by atoms with Crippen LogP contribution in [0.25, 0.3) is 0 Å². The number of carbonyl (C=O) groups excluding carboxylic acids is 4. The maximum absolute atomic E-state index is 11.9. The van der Waals surface area contributed by atoms with Crippen molar-refractivity contribution in [2.75, 3.05) is 33.8 Å². The van der Waals surface area contributed by atoms with Crippen LogP contribution >= 0.6 is 23.2 Å². The molecule has 0 aliphatic rings. The van der Waals surface area contributed by atoms with E-state index in [0.717, 1.165) is 0 Å². The summed E-state index contributed by atoms with van der Waals surface area (Å²) in [6.07, 6.45) is 0. The van der Waals surface area contributed by atoms with Crippen LogP contribution in [0.2, 0.25) is 10.0 Å². The van der Waals surface area contributed by atoms with Crippen LogP contribution in [-0.2, 0) is 19.1 Å². The normalized spacial score (nSPS) is 9.92. The smallest absolute Gasteiger partial charge is 0.325 e. The van der Waals surface area contributed by atoms with E-state index in [9.17, 15) is 19.2 Å². The van der Waals surface area contributed by atoms with Gasteiger partial charge in [0.05, 0.1) is 16.6 Å². The second kappa shape index (κ2) is 9.85. The maximum Gasteiger partial charge on any atom is 0.325 e. The molecule has 2 N–H and O–H groups in total. The lowest BCUT2D eigenvalue weighted by Gasteiger charge is -2.11. The molecule has 136 valence electrons. The molecule has 0 radical (unpaired) electrons. The van der Waals surface area contributed by atoms with E-state index in [1.54, 1.807) is 14.1 Å². The fraction of sp³-hybridized carbons (Fsp3) is 0.333. The van der Waals surface area contributed by atoms with Crippen LogP contribution < -0.4 is 10.6 Å². The molecule has 1 rings (SSSR count). The van der Waals surface area contributed by atoms with Gasteiger partial charge in [0.15, 0.2) is 6.61 Å². The highest BCUT2D eigenvalue weighted by Gasteiger charge is 2.13. The molecule has 0 saturated heterocycles. The average Bonchev–Trinajstić information content (AvgIpc) is 2.57. The van der Waals surface area contributed by atoms with E-state index in [2.05, 4.69) is 15.4 Å². The molecule has 0 spiro atoms. The third-order valence-electron chi connectivity index (χ3n) is 2.87. The van der Waals surface area contributed by atoms with Crippen molar-refractivity contribution < 1.29 is 23.9 Å². The first-order valence-corrected chi connectivity index (χ1v) is 7.82. The molecule has 0 fully saturated rings.